The van der Waals surface area contributed by atoms with Crippen molar-refractivity contribution in [1.29, 1.82) is 0 Å². The topological polar surface area (TPSA) is 83.6 Å². The van der Waals surface area contributed by atoms with Gasteiger partial charge in [0.1, 0.15) is 5.69 Å². The van der Waals surface area contributed by atoms with Gasteiger partial charge in [-0.05, 0) is 30.3 Å². The van der Waals surface area contributed by atoms with E-state index < -0.39 is 0 Å². The van der Waals surface area contributed by atoms with Crippen LogP contribution in [0.3, 0.4) is 0 Å². The fourth-order valence-corrected chi connectivity index (χ4v) is 3.79. The summed E-state index contributed by atoms with van der Waals surface area (Å²) < 4.78 is 7.22. The van der Waals surface area contributed by atoms with E-state index in [-0.39, 0.29) is 11.8 Å². The number of carbonyl (C=O) groups is 2. The third-order valence-electron chi connectivity index (χ3n) is 5.23. The quantitative estimate of drug-likeness (QED) is 0.556. The molecule has 0 aliphatic carbocycles. The Hall–Kier alpha value is -3.36. The molecule has 32 heavy (non-hydrogen) atoms. The second kappa shape index (κ2) is 9.84. The molecule has 4 rings (SSSR count). The van der Waals surface area contributed by atoms with Crippen LogP contribution in [0.15, 0.2) is 65.8 Å². The van der Waals surface area contributed by atoms with Crippen LogP contribution in [0.2, 0.25) is 5.02 Å². The van der Waals surface area contributed by atoms with Gasteiger partial charge in [0.2, 0.25) is 5.91 Å². The zero-order valence-corrected chi connectivity index (χ0v) is 18.3. The fourth-order valence-electron chi connectivity index (χ4n) is 3.61. The number of amides is 2. The number of halogens is 1. The van der Waals surface area contributed by atoms with Gasteiger partial charge in [-0.15, -0.1) is 6.58 Å². The Morgan fingerprint density at radius 3 is 2.66 bits per heavy atom. The first-order valence-electron chi connectivity index (χ1n) is 10.3. The molecule has 0 spiro atoms. The summed E-state index contributed by atoms with van der Waals surface area (Å²) in [6, 6.07) is 12.6. The van der Waals surface area contributed by atoms with E-state index >= 15 is 0 Å². The Kier molecular flexibility index (Phi) is 6.72. The first-order valence-corrected chi connectivity index (χ1v) is 10.7. The lowest BCUT2D eigenvalue weighted by Gasteiger charge is -2.33. The summed E-state index contributed by atoms with van der Waals surface area (Å²) in [4.78, 5) is 28.9. The molecule has 0 bridgehead atoms. The van der Waals surface area contributed by atoms with Crippen LogP contribution in [0.5, 0.6) is 0 Å². The molecule has 0 atom stereocenters. The van der Waals surface area contributed by atoms with Gasteiger partial charge in [0, 0.05) is 43.8 Å². The molecule has 2 aromatic heterocycles. The van der Waals surface area contributed by atoms with E-state index in [2.05, 4.69) is 17.0 Å². The van der Waals surface area contributed by atoms with Gasteiger partial charge < -0.3 is 14.6 Å². The number of rotatable bonds is 7. The van der Waals surface area contributed by atoms with Crippen LogP contribution in [0.1, 0.15) is 10.5 Å². The van der Waals surface area contributed by atoms with Crippen molar-refractivity contribution in [2.24, 2.45) is 0 Å². The molecular weight excluding hydrogens is 430 g/mol. The summed E-state index contributed by atoms with van der Waals surface area (Å²) in [7, 11) is 0. The Balaban J connectivity index is 1.49. The van der Waals surface area contributed by atoms with Crippen LogP contribution in [0.25, 0.3) is 17.1 Å². The number of carbonyl (C=O) groups excluding carboxylic acids is 2. The van der Waals surface area contributed by atoms with Crippen molar-refractivity contribution in [2.45, 2.75) is 0 Å². The van der Waals surface area contributed by atoms with E-state index in [0.717, 1.165) is 5.69 Å². The maximum atomic E-state index is 13.2. The number of aromatic nitrogens is 2. The first-order chi connectivity index (χ1) is 15.5. The van der Waals surface area contributed by atoms with Crippen LogP contribution in [-0.2, 0) is 4.79 Å². The number of nitrogens with one attached hydrogen (secondary N) is 1. The fraction of sp³-hybridized carbons (Fsp3) is 0.261. The highest BCUT2D eigenvalue weighted by atomic mass is 35.5. The molecule has 1 aliphatic rings. The van der Waals surface area contributed by atoms with Crippen LogP contribution < -0.4 is 5.32 Å². The molecular formula is C23H24ClN5O3. The van der Waals surface area contributed by atoms with E-state index in [1.165, 1.54) is 0 Å². The zero-order valence-electron chi connectivity index (χ0n) is 17.5. The molecule has 0 unspecified atom stereocenters. The molecule has 1 fully saturated rings. The van der Waals surface area contributed by atoms with Gasteiger partial charge in [-0.2, -0.15) is 5.10 Å². The number of furan rings is 1. The van der Waals surface area contributed by atoms with Gasteiger partial charge in [0.25, 0.3) is 5.91 Å². The highest BCUT2D eigenvalue weighted by Gasteiger charge is 2.26. The van der Waals surface area contributed by atoms with Crippen LogP contribution in [0.4, 0.5) is 0 Å². The van der Waals surface area contributed by atoms with E-state index in [4.69, 9.17) is 16.0 Å². The van der Waals surface area contributed by atoms with Crippen LogP contribution in [-0.4, -0.2) is 70.7 Å². The molecule has 1 aromatic carbocycles. The van der Waals surface area contributed by atoms with Crippen LogP contribution >= 0.6 is 11.6 Å². The molecule has 0 saturated carbocycles. The molecule has 0 radical (unpaired) electrons. The van der Waals surface area contributed by atoms with Gasteiger partial charge in [-0.3, -0.25) is 14.5 Å². The molecule has 9 heteroatoms. The predicted octanol–water partition coefficient (Wildman–Crippen LogP) is 2.85. The number of hydrogen-bond acceptors (Lipinski definition) is 5. The van der Waals surface area contributed by atoms with Crippen LogP contribution in [0, 0.1) is 0 Å². The molecule has 3 heterocycles. The van der Waals surface area contributed by atoms with Gasteiger partial charge in [-0.1, -0.05) is 23.7 Å². The highest BCUT2D eigenvalue weighted by molar-refractivity contribution is 6.30. The normalized spacial score (nSPS) is 14.3. The van der Waals surface area contributed by atoms with Crippen molar-refractivity contribution in [1.82, 2.24) is 24.9 Å². The average Bonchev–Trinajstić information content (AvgIpc) is 3.48. The standard InChI is InChI=1S/C23H24ClN5O3/c1-2-8-25-22(30)16-27-9-11-28(12-10-27)23(31)19-15-20(21-7-4-13-32-21)29(26-19)18-6-3-5-17(24)14-18/h2-7,13-15H,1,8-12,16H2,(H,25,30). The van der Waals surface area contributed by atoms with Gasteiger partial charge in [0.15, 0.2) is 11.5 Å². The minimum absolute atomic E-state index is 0.0481. The molecule has 2 amide bonds. The van der Waals surface area contributed by atoms with E-state index in [1.54, 1.807) is 46.2 Å². The molecule has 3 aromatic rings. The van der Waals surface area contributed by atoms with E-state index in [9.17, 15) is 9.59 Å². The first kappa shape index (κ1) is 21.9. The van der Waals surface area contributed by atoms with Crippen molar-refractivity contribution in [3.8, 4) is 17.1 Å². The summed E-state index contributed by atoms with van der Waals surface area (Å²) >= 11 is 6.16. The summed E-state index contributed by atoms with van der Waals surface area (Å²) in [5, 5.41) is 7.92. The lowest BCUT2D eigenvalue weighted by molar-refractivity contribution is -0.122. The zero-order chi connectivity index (χ0) is 22.5. The number of benzene rings is 1. The van der Waals surface area contributed by atoms with E-state index in [1.807, 2.05) is 23.1 Å². The Bertz CT molecular complexity index is 1100. The number of nitrogens with zero attached hydrogens (tertiary/aromatic N) is 4. The van der Waals surface area contributed by atoms with Gasteiger partial charge in [0.05, 0.1) is 18.5 Å². The smallest absolute Gasteiger partial charge is 0.274 e. The summed E-state index contributed by atoms with van der Waals surface area (Å²) in [5.74, 6) is 0.397. The van der Waals surface area contributed by atoms with E-state index in [0.29, 0.717) is 61.4 Å². The summed E-state index contributed by atoms with van der Waals surface area (Å²) in [6.07, 6.45) is 3.23. The maximum absolute atomic E-state index is 13.2. The van der Waals surface area contributed by atoms with Crippen molar-refractivity contribution >= 4 is 23.4 Å². The van der Waals surface area contributed by atoms with Crippen molar-refractivity contribution in [3.63, 3.8) is 0 Å². The number of piperazine rings is 1. The summed E-state index contributed by atoms with van der Waals surface area (Å²) in [5.41, 5.74) is 1.73. The highest BCUT2D eigenvalue weighted by Crippen LogP contribution is 2.26. The Morgan fingerprint density at radius 2 is 1.97 bits per heavy atom. The molecule has 8 nitrogen and oxygen atoms in total. The molecule has 166 valence electrons. The van der Waals surface area contributed by atoms with Gasteiger partial charge in [-0.25, -0.2) is 4.68 Å². The maximum Gasteiger partial charge on any atom is 0.274 e. The van der Waals surface area contributed by atoms with Gasteiger partial charge >= 0.3 is 0 Å². The number of hydrogen-bond donors (Lipinski definition) is 1. The minimum Gasteiger partial charge on any atom is -0.463 e. The lowest BCUT2D eigenvalue weighted by Crippen LogP contribution is -2.51. The Labute approximate surface area is 191 Å². The predicted molar refractivity (Wildman–Crippen MR) is 122 cm³/mol. The van der Waals surface area contributed by atoms with Crippen molar-refractivity contribution in [2.75, 3.05) is 39.3 Å². The largest absolute Gasteiger partial charge is 0.463 e. The second-order valence-corrected chi connectivity index (χ2v) is 7.88. The third kappa shape index (κ3) is 4.92. The lowest BCUT2D eigenvalue weighted by atomic mass is 10.2. The Morgan fingerprint density at radius 1 is 1.16 bits per heavy atom. The molecule has 1 N–H and O–H groups in total. The SMILES string of the molecule is C=CCNC(=O)CN1CCN(C(=O)c2cc(-c3ccco3)n(-c3cccc(Cl)c3)n2)CC1. The average molecular weight is 454 g/mol. The van der Waals surface area contributed by atoms with Crippen molar-refractivity contribution < 1.29 is 14.0 Å². The monoisotopic (exact) mass is 453 g/mol. The second-order valence-electron chi connectivity index (χ2n) is 7.44. The molecule has 1 saturated heterocycles. The van der Waals surface area contributed by atoms with Crippen molar-refractivity contribution in [3.05, 3.63) is 72.1 Å². The molecule has 1 aliphatic heterocycles. The minimum atomic E-state index is -0.158. The summed E-state index contributed by atoms with van der Waals surface area (Å²) in [6.45, 7) is 6.63. The third-order valence-corrected chi connectivity index (χ3v) is 5.46.